The van der Waals surface area contributed by atoms with E-state index < -0.39 is 20.7 Å². The van der Waals surface area contributed by atoms with Crippen molar-refractivity contribution in [1.29, 1.82) is 0 Å². The smallest absolute Gasteiger partial charge is 0.264 e. The van der Waals surface area contributed by atoms with E-state index in [0.717, 1.165) is 23.3 Å². The van der Waals surface area contributed by atoms with Crippen LogP contribution in [0, 0.1) is 26.6 Å². The highest BCUT2D eigenvalue weighted by atomic mass is 32.2. The summed E-state index contributed by atoms with van der Waals surface area (Å²) in [6.07, 6.45) is 0. The van der Waals surface area contributed by atoms with Crippen molar-refractivity contribution < 1.29 is 12.8 Å². The number of halogens is 1. The van der Waals surface area contributed by atoms with E-state index >= 15 is 0 Å². The van der Waals surface area contributed by atoms with Crippen molar-refractivity contribution in [3.05, 3.63) is 52.8 Å². The lowest BCUT2D eigenvalue weighted by molar-refractivity contribution is 0.570. The number of nitrogens with one attached hydrogen (secondary N) is 1. The second-order valence-electron chi connectivity index (χ2n) is 5.06. The van der Waals surface area contributed by atoms with Gasteiger partial charge in [0.15, 0.2) is 0 Å². The topological polar surface area (TPSA) is 72.2 Å². The van der Waals surface area contributed by atoms with Crippen LogP contribution in [0.1, 0.15) is 16.7 Å². The number of hydrogen-bond donors (Lipinski definition) is 2. The van der Waals surface area contributed by atoms with E-state index in [1.807, 2.05) is 13.0 Å². The number of rotatable bonds is 3. The normalized spacial score (nSPS) is 11.4. The molecular weight excluding hydrogens is 291 g/mol. The van der Waals surface area contributed by atoms with E-state index in [1.165, 1.54) is 0 Å². The summed E-state index contributed by atoms with van der Waals surface area (Å²) in [4.78, 5) is -0.452. The maximum absolute atomic E-state index is 13.9. The van der Waals surface area contributed by atoms with Crippen molar-refractivity contribution in [3.63, 3.8) is 0 Å². The molecule has 0 aliphatic carbocycles. The summed E-state index contributed by atoms with van der Waals surface area (Å²) in [7, 11) is -4.03. The fourth-order valence-electron chi connectivity index (χ4n) is 1.92. The molecular formula is C15H17FN2O2S. The molecule has 112 valence electrons. The van der Waals surface area contributed by atoms with Gasteiger partial charge in [0.2, 0.25) is 0 Å². The first kappa shape index (κ1) is 15.3. The second-order valence-corrected chi connectivity index (χ2v) is 6.71. The third kappa shape index (κ3) is 3.16. The summed E-state index contributed by atoms with van der Waals surface area (Å²) < 4.78 is 41.0. The monoisotopic (exact) mass is 308 g/mol. The molecule has 0 bridgehead atoms. The molecule has 0 aromatic heterocycles. The van der Waals surface area contributed by atoms with Gasteiger partial charge in [0, 0.05) is 5.69 Å². The van der Waals surface area contributed by atoms with Gasteiger partial charge in [-0.3, -0.25) is 4.72 Å². The third-order valence-corrected chi connectivity index (χ3v) is 4.63. The SMILES string of the molecule is Cc1ccc(C)c(NS(=O)(=O)c2cc(N)c(C)cc2F)c1. The molecule has 0 fully saturated rings. The third-order valence-electron chi connectivity index (χ3n) is 3.25. The van der Waals surface area contributed by atoms with Gasteiger partial charge in [0.05, 0.1) is 5.69 Å². The fraction of sp³-hybridized carbons (Fsp3) is 0.200. The molecule has 6 heteroatoms. The Bertz CT molecular complexity index is 802. The molecule has 2 aromatic rings. The van der Waals surface area contributed by atoms with Crippen molar-refractivity contribution in [2.24, 2.45) is 0 Å². The van der Waals surface area contributed by atoms with Gasteiger partial charge in [-0.25, -0.2) is 12.8 Å². The van der Waals surface area contributed by atoms with Crippen LogP contribution in [0.4, 0.5) is 15.8 Å². The molecule has 0 unspecified atom stereocenters. The molecule has 0 amide bonds. The standard InChI is InChI=1S/C15H17FN2O2S/c1-9-4-5-10(2)14(6-9)18-21(19,20)15-8-13(17)11(3)7-12(15)16/h4-8,18H,17H2,1-3H3. The highest BCUT2D eigenvalue weighted by molar-refractivity contribution is 7.92. The number of benzene rings is 2. The summed E-state index contributed by atoms with van der Waals surface area (Å²) >= 11 is 0. The zero-order valence-corrected chi connectivity index (χ0v) is 12.9. The van der Waals surface area contributed by atoms with Crippen molar-refractivity contribution in [1.82, 2.24) is 0 Å². The minimum Gasteiger partial charge on any atom is -0.398 e. The molecule has 0 saturated carbocycles. The van der Waals surface area contributed by atoms with E-state index in [4.69, 9.17) is 5.73 Å². The zero-order valence-electron chi connectivity index (χ0n) is 12.1. The summed E-state index contributed by atoms with van der Waals surface area (Å²) in [6.45, 7) is 5.24. The van der Waals surface area contributed by atoms with E-state index in [-0.39, 0.29) is 5.69 Å². The maximum Gasteiger partial charge on any atom is 0.264 e. The Labute approximate surface area is 123 Å². The summed E-state index contributed by atoms with van der Waals surface area (Å²) in [5, 5.41) is 0. The van der Waals surface area contributed by atoms with Gasteiger partial charge in [-0.05, 0) is 55.7 Å². The van der Waals surface area contributed by atoms with E-state index in [2.05, 4.69) is 4.72 Å². The van der Waals surface area contributed by atoms with Crippen LogP contribution in [0.15, 0.2) is 35.2 Å². The number of aryl methyl sites for hydroxylation is 3. The quantitative estimate of drug-likeness (QED) is 0.856. The molecule has 2 rings (SSSR count). The lowest BCUT2D eigenvalue weighted by atomic mass is 10.1. The molecule has 0 saturated heterocycles. The van der Waals surface area contributed by atoms with E-state index in [1.54, 1.807) is 26.0 Å². The molecule has 0 aliphatic heterocycles. The Balaban J connectivity index is 2.48. The van der Waals surface area contributed by atoms with Crippen LogP contribution in [-0.2, 0) is 10.0 Å². The average Bonchev–Trinajstić information content (AvgIpc) is 2.37. The first-order valence-electron chi connectivity index (χ1n) is 6.36. The summed E-state index contributed by atoms with van der Waals surface area (Å²) in [5.74, 6) is -0.820. The Hall–Kier alpha value is -2.08. The molecule has 3 N–H and O–H groups in total. The average molecular weight is 308 g/mol. The first-order chi connectivity index (χ1) is 9.70. The molecule has 0 atom stereocenters. The number of nitrogens with two attached hydrogens (primary N) is 1. The van der Waals surface area contributed by atoms with E-state index in [0.29, 0.717) is 11.3 Å². The highest BCUT2D eigenvalue weighted by Crippen LogP contribution is 2.25. The fourth-order valence-corrected chi connectivity index (χ4v) is 3.14. The lowest BCUT2D eigenvalue weighted by Gasteiger charge is -2.13. The van der Waals surface area contributed by atoms with Crippen LogP contribution in [0.5, 0.6) is 0 Å². The molecule has 4 nitrogen and oxygen atoms in total. The number of anilines is 2. The van der Waals surface area contributed by atoms with Crippen LogP contribution < -0.4 is 10.5 Å². The number of hydrogen-bond acceptors (Lipinski definition) is 3. The van der Waals surface area contributed by atoms with Gasteiger partial charge in [0.1, 0.15) is 10.7 Å². The Morgan fingerprint density at radius 1 is 1.05 bits per heavy atom. The van der Waals surface area contributed by atoms with Gasteiger partial charge in [-0.2, -0.15) is 0 Å². The zero-order chi connectivity index (χ0) is 15.8. The number of sulfonamides is 1. The van der Waals surface area contributed by atoms with Crippen LogP contribution in [0.25, 0.3) is 0 Å². The Kier molecular flexibility index (Phi) is 3.91. The van der Waals surface area contributed by atoms with Gasteiger partial charge in [-0.1, -0.05) is 12.1 Å². The minimum absolute atomic E-state index is 0.234. The van der Waals surface area contributed by atoms with Crippen molar-refractivity contribution in [2.75, 3.05) is 10.5 Å². The minimum atomic E-state index is -4.03. The van der Waals surface area contributed by atoms with Crippen molar-refractivity contribution >= 4 is 21.4 Å². The van der Waals surface area contributed by atoms with Crippen LogP contribution in [-0.4, -0.2) is 8.42 Å². The molecule has 0 aliphatic rings. The largest absolute Gasteiger partial charge is 0.398 e. The Morgan fingerprint density at radius 2 is 1.71 bits per heavy atom. The molecule has 21 heavy (non-hydrogen) atoms. The van der Waals surface area contributed by atoms with Crippen LogP contribution in [0.2, 0.25) is 0 Å². The van der Waals surface area contributed by atoms with Crippen LogP contribution >= 0.6 is 0 Å². The second kappa shape index (κ2) is 5.37. The van der Waals surface area contributed by atoms with Crippen LogP contribution in [0.3, 0.4) is 0 Å². The lowest BCUT2D eigenvalue weighted by Crippen LogP contribution is -2.16. The maximum atomic E-state index is 13.9. The van der Waals surface area contributed by atoms with Gasteiger partial charge in [0.25, 0.3) is 10.0 Å². The van der Waals surface area contributed by atoms with Gasteiger partial charge in [-0.15, -0.1) is 0 Å². The summed E-state index contributed by atoms with van der Waals surface area (Å²) in [5.41, 5.74) is 8.49. The predicted molar refractivity (Wildman–Crippen MR) is 82.3 cm³/mol. The first-order valence-corrected chi connectivity index (χ1v) is 7.85. The molecule has 2 aromatic carbocycles. The predicted octanol–water partition coefficient (Wildman–Crippen LogP) is 3.13. The molecule has 0 radical (unpaired) electrons. The molecule has 0 spiro atoms. The molecule has 0 heterocycles. The highest BCUT2D eigenvalue weighted by Gasteiger charge is 2.21. The van der Waals surface area contributed by atoms with Gasteiger partial charge >= 0.3 is 0 Å². The Morgan fingerprint density at radius 3 is 2.38 bits per heavy atom. The van der Waals surface area contributed by atoms with Crippen molar-refractivity contribution in [2.45, 2.75) is 25.7 Å². The van der Waals surface area contributed by atoms with Gasteiger partial charge < -0.3 is 5.73 Å². The number of nitrogen functional groups attached to an aromatic ring is 1. The summed E-state index contributed by atoms with van der Waals surface area (Å²) in [6, 6.07) is 7.62. The van der Waals surface area contributed by atoms with Crippen molar-refractivity contribution in [3.8, 4) is 0 Å². The van der Waals surface area contributed by atoms with E-state index in [9.17, 15) is 12.8 Å².